The van der Waals surface area contributed by atoms with Crippen molar-refractivity contribution < 1.29 is 32.6 Å². The number of hydrogen-bond donors (Lipinski definition) is 1. The number of carbonyl (C=O) groups is 2. The van der Waals surface area contributed by atoms with Gasteiger partial charge in [0.05, 0.1) is 19.4 Å². The lowest BCUT2D eigenvalue weighted by Crippen LogP contribution is -2.29. The van der Waals surface area contributed by atoms with Gasteiger partial charge in [-0.15, -0.1) is 0 Å². The molecule has 1 atom stereocenters. The molecule has 0 aliphatic heterocycles. The maximum Gasteiger partial charge on any atom is 0.331 e. The zero-order chi connectivity index (χ0) is 22.1. The van der Waals surface area contributed by atoms with Gasteiger partial charge in [0, 0.05) is 12.1 Å². The molecule has 0 bridgehead atoms. The van der Waals surface area contributed by atoms with E-state index in [1.807, 2.05) is 6.92 Å². The van der Waals surface area contributed by atoms with E-state index in [-0.39, 0.29) is 5.69 Å². The van der Waals surface area contributed by atoms with E-state index in [1.54, 1.807) is 18.2 Å². The SMILES string of the molecule is CCCOc1ccc(/C=C/C(=O)O[C@@H](C)C(=O)Nc2ccc(F)cc2F)cc1OC. The molecule has 0 aliphatic carbocycles. The van der Waals surface area contributed by atoms with Gasteiger partial charge in [0.25, 0.3) is 5.91 Å². The highest BCUT2D eigenvalue weighted by Gasteiger charge is 2.18. The Balaban J connectivity index is 1.95. The predicted octanol–water partition coefficient (Wildman–Crippen LogP) is 4.35. The molecular formula is C22H23F2NO5. The summed E-state index contributed by atoms with van der Waals surface area (Å²) in [7, 11) is 1.51. The molecule has 2 rings (SSSR count). The fraction of sp³-hybridized carbons (Fsp3) is 0.273. The average molecular weight is 419 g/mol. The highest BCUT2D eigenvalue weighted by molar-refractivity contribution is 5.96. The second-order valence-electron chi connectivity index (χ2n) is 6.28. The maximum absolute atomic E-state index is 13.6. The third-order valence-corrected chi connectivity index (χ3v) is 3.91. The monoisotopic (exact) mass is 419 g/mol. The summed E-state index contributed by atoms with van der Waals surface area (Å²) >= 11 is 0. The lowest BCUT2D eigenvalue weighted by Gasteiger charge is -2.13. The molecule has 0 unspecified atom stereocenters. The van der Waals surface area contributed by atoms with Crippen LogP contribution in [0.5, 0.6) is 11.5 Å². The molecule has 0 fully saturated rings. The van der Waals surface area contributed by atoms with Gasteiger partial charge in [0.1, 0.15) is 11.6 Å². The number of ether oxygens (including phenoxy) is 3. The first-order valence-electron chi connectivity index (χ1n) is 9.29. The van der Waals surface area contributed by atoms with Crippen LogP contribution in [-0.4, -0.2) is 31.7 Å². The molecule has 1 amide bonds. The van der Waals surface area contributed by atoms with E-state index in [2.05, 4.69) is 5.32 Å². The number of esters is 1. The molecule has 0 radical (unpaired) electrons. The van der Waals surface area contributed by atoms with E-state index >= 15 is 0 Å². The molecule has 30 heavy (non-hydrogen) atoms. The molecule has 0 aromatic heterocycles. The predicted molar refractivity (Wildman–Crippen MR) is 108 cm³/mol. The maximum atomic E-state index is 13.6. The van der Waals surface area contributed by atoms with Gasteiger partial charge in [-0.3, -0.25) is 4.79 Å². The standard InChI is InChI=1S/C22H23F2NO5/c1-4-11-29-19-9-5-15(12-20(19)28-3)6-10-21(26)30-14(2)22(27)25-18-8-7-16(23)13-17(18)24/h5-10,12-14H,4,11H2,1-3H3,(H,25,27)/b10-6+/t14-/m0/s1. The Morgan fingerprint density at radius 1 is 1.13 bits per heavy atom. The van der Waals surface area contributed by atoms with Crippen molar-refractivity contribution in [3.63, 3.8) is 0 Å². The fourth-order valence-electron chi connectivity index (χ4n) is 2.38. The molecule has 0 saturated heterocycles. The van der Waals surface area contributed by atoms with Crippen molar-refractivity contribution in [1.82, 2.24) is 0 Å². The Morgan fingerprint density at radius 2 is 1.90 bits per heavy atom. The van der Waals surface area contributed by atoms with Crippen molar-refractivity contribution in [2.45, 2.75) is 26.4 Å². The van der Waals surface area contributed by atoms with Crippen molar-refractivity contribution in [3.05, 3.63) is 59.7 Å². The Bertz CT molecular complexity index is 930. The zero-order valence-corrected chi connectivity index (χ0v) is 16.9. The average Bonchev–Trinajstić information content (AvgIpc) is 2.72. The highest BCUT2D eigenvalue weighted by atomic mass is 19.1. The number of hydrogen-bond acceptors (Lipinski definition) is 5. The summed E-state index contributed by atoms with van der Waals surface area (Å²) in [6.45, 7) is 3.89. The van der Waals surface area contributed by atoms with Crippen LogP contribution < -0.4 is 14.8 Å². The summed E-state index contributed by atoms with van der Waals surface area (Å²) < 4.78 is 42.4. The first-order valence-corrected chi connectivity index (χ1v) is 9.29. The fourth-order valence-corrected chi connectivity index (χ4v) is 2.38. The molecule has 0 aliphatic rings. The van der Waals surface area contributed by atoms with Crippen molar-refractivity contribution in [2.24, 2.45) is 0 Å². The number of carbonyl (C=O) groups excluding carboxylic acids is 2. The lowest BCUT2D eigenvalue weighted by molar-refractivity contribution is -0.148. The third-order valence-electron chi connectivity index (χ3n) is 3.91. The van der Waals surface area contributed by atoms with Gasteiger partial charge in [0.15, 0.2) is 17.6 Å². The molecule has 8 heteroatoms. The number of benzene rings is 2. The molecule has 2 aromatic rings. The van der Waals surface area contributed by atoms with Crippen LogP contribution in [0.2, 0.25) is 0 Å². The van der Waals surface area contributed by atoms with E-state index in [0.717, 1.165) is 24.6 Å². The van der Waals surface area contributed by atoms with Crippen LogP contribution in [0, 0.1) is 11.6 Å². The van der Waals surface area contributed by atoms with Crippen LogP contribution in [0.15, 0.2) is 42.5 Å². The third kappa shape index (κ3) is 6.58. The van der Waals surface area contributed by atoms with Crippen LogP contribution in [-0.2, 0) is 14.3 Å². The summed E-state index contributed by atoms with van der Waals surface area (Å²) in [6, 6.07) is 7.89. The molecule has 0 spiro atoms. The zero-order valence-electron chi connectivity index (χ0n) is 16.9. The number of methoxy groups -OCH3 is 1. The van der Waals surface area contributed by atoms with Crippen LogP contribution in [0.25, 0.3) is 6.08 Å². The van der Waals surface area contributed by atoms with Crippen LogP contribution >= 0.6 is 0 Å². The number of amides is 1. The molecule has 2 aromatic carbocycles. The Labute approximate surface area is 173 Å². The first-order chi connectivity index (χ1) is 14.3. The van der Waals surface area contributed by atoms with Crippen molar-refractivity contribution in [1.29, 1.82) is 0 Å². The van der Waals surface area contributed by atoms with E-state index in [4.69, 9.17) is 14.2 Å². The van der Waals surface area contributed by atoms with Crippen molar-refractivity contribution in [2.75, 3.05) is 19.0 Å². The number of anilines is 1. The summed E-state index contributed by atoms with van der Waals surface area (Å²) in [5.74, 6) is -2.09. The normalized spacial score (nSPS) is 11.8. The van der Waals surface area contributed by atoms with Gasteiger partial charge in [-0.1, -0.05) is 13.0 Å². The van der Waals surface area contributed by atoms with Crippen molar-refractivity contribution >= 4 is 23.6 Å². The Morgan fingerprint density at radius 3 is 2.57 bits per heavy atom. The van der Waals surface area contributed by atoms with E-state index < -0.39 is 29.6 Å². The van der Waals surface area contributed by atoms with Crippen LogP contribution in [0.1, 0.15) is 25.8 Å². The second kappa shape index (κ2) is 10.9. The van der Waals surface area contributed by atoms with Gasteiger partial charge in [-0.25, -0.2) is 13.6 Å². The molecule has 1 N–H and O–H groups in total. The smallest absolute Gasteiger partial charge is 0.331 e. The van der Waals surface area contributed by atoms with Gasteiger partial charge < -0.3 is 19.5 Å². The van der Waals surface area contributed by atoms with Gasteiger partial charge in [-0.2, -0.15) is 0 Å². The van der Waals surface area contributed by atoms with Gasteiger partial charge in [0.2, 0.25) is 0 Å². The number of nitrogens with one attached hydrogen (secondary N) is 1. The minimum Gasteiger partial charge on any atom is -0.493 e. The molecular weight excluding hydrogens is 396 g/mol. The van der Waals surface area contributed by atoms with Crippen LogP contribution in [0.4, 0.5) is 14.5 Å². The van der Waals surface area contributed by atoms with E-state index in [0.29, 0.717) is 29.7 Å². The molecule has 160 valence electrons. The van der Waals surface area contributed by atoms with Crippen molar-refractivity contribution in [3.8, 4) is 11.5 Å². The molecule has 0 saturated carbocycles. The van der Waals surface area contributed by atoms with E-state index in [9.17, 15) is 18.4 Å². The first kappa shape index (κ1) is 22.9. The number of halogens is 2. The van der Waals surface area contributed by atoms with E-state index in [1.165, 1.54) is 20.1 Å². The second-order valence-corrected chi connectivity index (χ2v) is 6.28. The Hall–Kier alpha value is -3.42. The Kier molecular flexibility index (Phi) is 8.34. The molecule has 0 heterocycles. The minimum absolute atomic E-state index is 0.211. The minimum atomic E-state index is -1.19. The highest BCUT2D eigenvalue weighted by Crippen LogP contribution is 2.28. The quantitative estimate of drug-likeness (QED) is 0.483. The topological polar surface area (TPSA) is 73.9 Å². The summed E-state index contributed by atoms with van der Waals surface area (Å²) in [5, 5.41) is 2.24. The summed E-state index contributed by atoms with van der Waals surface area (Å²) in [4.78, 5) is 24.1. The number of rotatable bonds is 9. The summed E-state index contributed by atoms with van der Waals surface area (Å²) in [6.07, 6.45) is 2.32. The summed E-state index contributed by atoms with van der Waals surface area (Å²) in [5.41, 5.74) is 0.454. The van der Waals surface area contributed by atoms with Crippen LogP contribution in [0.3, 0.4) is 0 Å². The lowest BCUT2D eigenvalue weighted by atomic mass is 10.2. The van der Waals surface area contributed by atoms with Gasteiger partial charge >= 0.3 is 5.97 Å². The van der Waals surface area contributed by atoms with Gasteiger partial charge in [-0.05, 0) is 49.2 Å². The largest absolute Gasteiger partial charge is 0.493 e. The molecule has 6 nitrogen and oxygen atoms in total.